The molecular formula is C18H25N5O2. The van der Waals surface area contributed by atoms with Crippen molar-refractivity contribution in [1.82, 2.24) is 14.9 Å². The number of hydrogen-bond acceptors (Lipinski definition) is 4. The van der Waals surface area contributed by atoms with Gasteiger partial charge in [-0.05, 0) is 39.0 Å². The summed E-state index contributed by atoms with van der Waals surface area (Å²) in [6.07, 6.45) is 9.69. The molecule has 25 heavy (non-hydrogen) atoms. The zero-order valence-electron chi connectivity index (χ0n) is 14.6. The van der Waals surface area contributed by atoms with Crippen LogP contribution >= 0.6 is 0 Å². The molecule has 7 heteroatoms. The van der Waals surface area contributed by atoms with E-state index in [0.29, 0.717) is 30.1 Å². The van der Waals surface area contributed by atoms with Crippen molar-refractivity contribution >= 4 is 11.9 Å². The van der Waals surface area contributed by atoms with E-state index in [1.807, 2.05) is 6.92 Å². The van der Waals surface area contributed by atoms with Crippen molar-refractivity contribution in [3.05, 3.63) is 34.3 Å². The molecule has 134 valence electrons. The van der Waals surface area contributed by atoms with Crippen molar-refractivity contribution in [3.8, 4) is 0 Å². The maximum Gasteiger partial charge on any atom is 0.256 e. The predicted molar refractivity (Wildman–Crippen MR) is 96.8 cm³/mol. The first-order valence-corrected chi connectivity index (χ1v) is 9.15. The number of anilines is 1. The fourth-order valence-corrected chi connectivity index (χ4v) is 3.81. The summed E-state index contributed by atoms with van der Waals surface area (Å²) < 4.78 is 7.39. The molecule has 7 nitrogen and oxygen atoms in total. The van der Waals surface area contributed by atoms with Crippen LogP contribution < -0.4 is 16.2 Å². The van der Waals surface area contributed by atoms with Gasteiger partial charge in [-0.1, -0.05) is 12.2 Å². The van der Waals surface area contributed by atoms with Crippen LogP contribution in [0.5, 0.6) is 0 Å². The van der Waals surface area contributed by atoms with Gasteiger partial charge in [0.2, 0.25) is 5.95 Å². The Balaban J connectivity index is 1.63. The monoisotopic (exact) mass is 343 g/mol. The highest BCUT2D eigenvalue weighted by atomic mass is 16.5. The fraction of sp³-hybridized carbons (Fsp3) is 0.611. The third-order valence-electron chi connectivity index (χ3n) is 5.11. The van der Waals surface area contributed by atoms with Gasteiger partial charge in [-0.25, -0.2) is 4.98 Å². The van der Waals surface area contributed by atoms with Crippen LogP contribution in [-0.4, -0.2) is 34.8 Å². The molecule has 3 aliphatic rings. The number of ether oxygens (including phenoxy) is 1. The van der Waals surface area contributed by atoms with E-state index in [1.165, 1.54) is 0 Å². The van der Waals surface area contributed by atoms with Crippen LogP contribution in [0.25, 0.3) is 0 Å². The summed E-state index contributed by atoms with van der Waals surface area (Å²) >= 11 is 0. The van der Waals surface area contributed by atoms with E-state index >= 15 is 0 Å². The van der Waals surface area contributed by atoms with Gasteiger partial charge in [-0.3, -0.25) is 19.7 Å². The van der Waals surface area contributed by atoms with Gasteiger partial charge < -0.3 is 10.1 Å². The van der Waals surface area contributed by atoms with Crippen LogP contribution in [0.2, 0.25) is 0 Å². The lowest BCUT2D eigenvalue weighted by atomic mass is 9.91. The quantitative estimate of drug-likeness (QED) is 0.820. The third kappa shape index (κ3) is 3.46. The summed E-state index contributed by atoms with van der Waals surface area (Å²) in [7, 11) is 0. The molecule has 0 amide bonds. The van der Waals surface area contributed by atoms with Gasteiger partial charge in [-0.2, -0.15) is 0 Å². The first-order chi connectivity index (χ1) is 12.2. The third-order valence-corrected chi connectivity index (χ3v) is 5.11. The minimum Gasteiger partial charge on any atom is -0.376 e. The van der Waals surface area contributed by atoms with Gasteiger partial charge in [0.05, 0.1) is 12.6 Å². The van der Waals surface area contributed by atoms with Crippen molar-refractivity contribution < 1.29 is 4.74 Å². The van der Waals surface area contributed by atoms with Crippen molar-refractivity contribution in [3.63, 3.8) is 0 Å². The predicted octanol–water partition coefficient (Wildman–Crippen LogP) is 1.96. The van der Waals surface area contributed by atoms with E-state index in [-0.39, 0.29) is 17.8 Å². The van der Waals surface area contributed by atoms with Gasteiger partial charge in [0.1, 0.15) is 6.17 Å². The summed E-state index contributed by atoms with van der Waals surface area (Å²) in [5.74, 6) is 1.61. The average Bonchev–Trinajstić information content (AvgIpc) is 3.13. The molecule has 0 spiro atoms. The molecule has 0 aromatic carbocycles. The Hall–Kier alpha value is -2.15. The molecule has 0 saturated carbocycles. The van der Waals surface area contributed by atoms with E-state index in [1.54, 1.807) is 10.6 Å². The van der Waals surface area contributed by atoms with Crippen LogP contribution in [-0.2, 0) is 4.74 Å². The topological polar surface area (TPSA) is 80.5 Å². The van der Waals surface area contributed by atoms with Crippen LogP contribution in [0.3, 0.4) is 0 Å². The number of aromatic nitrogens is 2. The fourth-order valence-electron chi connectivity index (χ4n) is 3.81. The molecule has 1 aromatic heterocycles. The lowest BCUT2D eigenvalue weighted by Gasteiger charge is -2.36. The largest absolute Gasteiger partial charge is 0.376 e. The second-order valence-electron chi connectivity index (χ2n) is 7.01. The van der Waals surface area contributed by atoms with Crippen LogP contribution in [0, 0.1) is 12.8 Å². The summed E-state index contributed by atoms with van der Waals surface area (Å²) in [6.45, 7) is 3.29. The number of nitrogens with one attached hydrogen (secondary N) is 2. The number of hydrogen-bond donors (Lipinski definition) is 2. The van der Waals surface area contributed by atoms with Gasteiger partial charge in [0.15, 0.2) is 5.96 Å². The summed E-state index contributed by atoms with van der Waals surface area (Å²) in [5, 5.41) is 6.62. The summed E-state index contributed by atoms with van der Waals surface area (Å²) in [5.41, 5.74) is 0.687. The Morgan fingerprint density at radius 1 is 1.40 bits per heavy atom. The van der Waals surface area contributed by atoms with Crippen LogP contribution in [0.4, 0.5) is 5.95 Å². The van der Waals surface area contributed by atoms with E-state index in [9.17, 15) is 4.79 Å². The van der Waals surface area contributed by atoms with E-state index in [2.05, 4.69) is 32.8 Å². The Morgan fingerprint density at radius 2 is 2.32 bits per heavy atom. The summed E-state index contributed by atoms with van der Waals surface area (Å²) in [4.78, 5) is 21.8. The van der Waals surface area contributed by atoms with E-state index < -0.39 is 0 Å². The average molecular weight is 343 g/mol. The zero-order valence-corrected chi connectivity index (χ0v) is 14.6. The Kier molecular flexibility index (Phi) is 4.57. The highest BCUT2D eigenvalue weighted by molar-refractivity contribution is 5.93. The zero-order chi connectivity index (χ0) is 17.2. The Bertz CT molecular complexity index is 748. The van der Waals surface area contributed by atoms with E-state index in [0.717, 1.165) is 38.7 Å². The van der Waals surface area contributed by atoms with Crippen molar-refractivity contribution in [2.75, 3.05) is 18.5 Å². The number of guanidine groups is 1. The highest BCUT2D eigenvalue weighted by Crippen LogP contribution is 2.30. The second-order valence-corrected chi connectivity index (χ2v) is 7.01. The SMILES string of the molecule is Cc1cc(=O)n2c(n1)NC(=NCC1CCCO1)NC2C1CC=CCC1. The van der Waals surface area contributed by atoms with E-state index in [4.69, 9.17) is 4.74 Å². The van der Waals surface area contributed by atoms with Crippen LogP contribution in [0.15, 0.2) is 28.0 Å². The van der Waals surface area contributed by atoms with Gasteiger partial charge in [0.25, 0.3) is 5.56 Å². The molecular weight excluding hydrogens is 318 g/mol. The smallest absolute Gasteiger partial charge is 0.256 e. The number of nitrogens with zero attached hydrogens (tertiary/aromatic N) is 3. The summed E-state index contributed by atoms with van der Waals surface area (Å²) in [6, 6.07) is 1.59. The maximum absolute atomic E-state index is 12.6. The Labute approximate surface area is 147 Å². The molecule has 3 atom stereocenters. The number of rotatable bonds is 3. The molecule has 1 aliphatic carbocycles. The molecule has 3 unspecified atom stereocenters. The molecule has 1 aromatic rings. The number of allylic oxidation sites excluding steroid dienone is 2. The van der Waals surface area contributed by atoms with Gasteiger partial charge in [-0.15, -0.1) is 0 Å². The molecule has 2 aliphatic heterocycles. The highest BCUT2D eigenvalue weighted by Gasteiger charge is 2.31. The number of fused-ring (bicyclic) bond motifs is 1. The van der Waals surface area contributed by atoms with Crippen molar-refractivity contribution in [2.24, 2.45) is 10.9 Å². The molecule has 1 saturated heterocycles. The van der Waals surface area contributed by atoms with Gasteiger partial charge >= 0.3 is 0 Å². The lowest BCUT2D eigenvalue weighted by Crippen LogP contribution is -2.50. The standard InChI is InChI=1S/C18H25N5O2/c1-12-10-15(24)23-16(13-6-3-2-4-7-13)21-17(22-18(23)20-12)19-11-14-8-5-9-25-14/h2-3,10,13-14,16H,4-9,11H2,1H3,(H2,19,20,21,22). The first-order valence-electron chi connectivity index (χ1n) is 9.15. The molecule has 0 radical (unpaired) electrons. The van der Waals surface area contributed by atoms with Gasteiger partial charge in [0, 0.05) is 24.3 Å². The second kappa shape index (κ2) is 7.00. The number of aryl methyl sites for hydroxylation is 1. The lowest BCUT2D eigenvalue weighted by molar-refractivity contribution is 0.117. The first kappa shape index (κ1) is 16.3. The minimum absolute atomic E-state index is 0.0276. The molecule has 3 heterocycles. The molecule has 1 fully saturated rings. The number of aliphatic imine (C=N–C) groups is 1. The maximum atomic E-state index is 12.6. The molecule has 4 rings (SSSR count). The van der Waals surface area contributed by atoms with Crippen LogP contribution in [0.1, 0.15) is 44.0 Å². The Morgan fingerprint density at radius 3 is 3.08 bits per heavy atom. The minimum atomic E-state index is -0.120. The molecule has 0 bridgehead atoms. The molecule has 2 N–H and O–H groups in total. The normalized spacial score (nSPS) is 30.0. The van der Waals surface area contributed by atoms with Crippen molar-refractivity contribution in [1.29, 1.82) is 0 Å². The van der Waals surface area contributed by atoms with Crippen molar-refractivity contribution in [2.45, 2.75) is 51.3 Å².